The molecule has 1 saturated heterocycles. The lowest BCUT2D eigenvalue weighted by atomic mass is 9.89. The summed E-state index contributed by atoms with van der Waals surface area (Å²) in [5.41, 5.74) is 5.58. The van der Waals surface area contributed by atoms with Crippen LogP contribution in [0.2, 0.25) is 0 Å². The quantitative estimate of drug-likeness (QED) is 0.356. The molecule has 1 unspecified atom stereocenters. The van der Waals surface area contributed by atoms with E-state index in [4.69, 9.17) is 20.3 Å². The second kappa shape index (κ2) is 5.37. The summed E-state index contributed by atoms with van der Waals surface area (Å²) < 4.78 is 9.90. The van der Waals surface area contributed by atoms with Gasteiger partial charge in [-0.1, -0.05) is 0 Å². The molecule has 0 aliphatic carbocycles. The molecule has 96 valence electrons. The summed E-state index contributed by atoms with van der Waals surface area (Å²) in [5, 5.41) is 38.1. The Kier molecular flexibility index (Phi) is 4.62. The van der Waals surface area contributed by atoms with Crippen LogP contribution in [0.4, 0.5) is 0 Å². The Morgan fingerprint density at radius 3 is 2.50 bits per heavy atom. The molecule has 0 aromatic rings. The lowest BCUT2D eigenvalue weighted by molar-refractivity contribution is -0.318. The number of hydrogen-bond acceptors (Lipinski definition) is 7. The number of hydrogen-bond donors (Lipinski definition) is 5. The third-order valence-corrected chi connectivity index (χ3v) is 2.82. The van der Waals surface area contributed by atoms with E-state index in [1.165, 1.54) is 7.11 Å². The standard InChI is InChI=1S/C9H19NO6/c1-15-3-2-9(14)8(10)7(13)6(12)5(4-11)16-9/h5-8,11-14H,2-4,10H2,1H3/t5-,6-,7+,8-,9?/m1/s1. The lowest BCUT2D eigenvalue weighted by Crippen LogP contribution is -2.68. The molecule has 0 bridgehead atoms. The Labute approximate surface area is 93.4 Å². The van der Waals surface area contributed by atoms with Gasteiger partial charge in [-0.2, -0.15) is 0 Å². The van der Waals surface area contributed by atoms with Crippen molar-refractivity contribution in [1.29, 1.82) is 0 Å². The molecule has 1 aliphatic rings. The van der Waals surface area contributed by atoms with Crippen LogP contribution in [0.15, 0.2) is 0 Å². The third-order valence-electron chi connectivity index (χ3n) is 2.82. The van der Waals surface area contributed by atoms with Gasteiger partial charge in [-0.25, -0.2) is 0 Å². The van der Waals surface area contributed by atoms with E-state index in [1.807, 2.05) is 0 Å². The van der Waals surface area contributed by atoms with Crippen LogP contribution in [0.1, 0.15) is 6.42 Å². The molecule has 16 heavy (non-hydrogen) atoms. The van der Waals surface area contributed by atoms with Gasteiger partial charge in [-0.3, -0.25) is 0 Å². The van der Waals surface area contributed by atoms with E-state index in [1.54, 1.807) is 0 Å². The molecular weight excluding hydrogens is 218 g/mol. The highest BCUT2D eigenvalue weighted by molar-refractivity contribution is 4.98. The fraction of sp³-hybridized carbons (Fsp3) is 1.00. The van der Waals surface area contributed by atoms with E-state index < -0.39 is 36.7 Å². The van der Waals surface area contributed by atoms with Crippen molar-refractivity contribution in [2.45, 2.75) is 36.6 Å². The Bertz CT molecular complexity index is 226. The summed E-state index contributed by atoms with van der Waals surface area (Å²) in [6.45, 7) is -0.328. The summed E-state index contributed by atoms with van der Waals surface area (Å²) in [5.74, 6) is -1.80. The summed E-state index contributed by atoms with van der Waals surface area (Å²) in [4.78, 5) is 0. The van der Waals surface area contributed by atoms with Crippen molar-refractivity contribution in [3.8, 4) is 0 Å². The van der Waals surface area contributed by atoms with Gasteiger partial charge in [0.25, 0.3) is 0 Å². The van der Waals surface area contributed by atoms with Crippen molar-refractivity contribution in [3.63, 3.8) is 0 Å². The van der Waals surface area contributed by atoms with E-state index in [0.29, 0.717) is 0 Å². The minimum Gasteiger partial charge on any atom is -0.394 e. The molecule has 0 radical (unpaired) electrons. The van der Waals surface area contributed by atoms with Gasteiger partial charge in [0.1, 0.15) is 18.3 Å². The Morgan fingerprint density at radius 1 is 1.38 bits per heavy atom. The first-order valence-electron chi connectivity index (χ1n) is 5.08. The van der Waals surface area contributed by atoms with Crippen molar-refractivity contribution in [2.75, 3.05) is 20.3 Å². The van der Waals surface area contributed by atoms with Gasteiger partial charge >= 0.3 is 0 Å². The van der Waals surface area contributed by atoms with E-state index in [2.05, 4.69) is 0 Å². The maximum Gasteiger partial charge on any atom is 0.186 e. The molecule has 1 heterocycles. The maximum absolute atomic E-state index is 10.1. The fourth-order valence-corrected chi connectivity index (χ4v) is 1.73. The van der Waals surface area contributed by atoms with Crippen LogP contribution < -0.4 is 5.73 Å². The number of aliphatic hydroxyl groups is 4. The van der Waals surface area contributed by atoms with Gasteiger partial charge in [-0.15, -0.1) is 0 Å². The molecule has 1 fully saturated rings. The average molecular weight is 237 g/mol. The lowest BCUT2D eigenvalue weighted by Gasteiger charge is -2.46. The fourth-order valence-electron chi connectivity index (χ4n) is 1.73. The summed E-state index contributed by atoms with van der Waals surface area (Å²) in [6, 6.07) is -1.15. The molecule has 0 aromatic heterocycles. The van der Waals surface area contributed by atoms with Crippen molar-refractivity contribution in [3.05, 3.63) is 0 Å². The first kappa shape index (κ1) is 13.8. The highest BCUT2D eigenvalue weighted by Gasteiger charge is 2.50. The summed E-state index contributed by atoms with van der Waals surface area (Å²) in [7, 11) is 1.45. The second-order valence-corrected chi connectivity index (χ2v) is 3.93. The second-order valence-electron chi connectivity index (χ2n) is 3.93. The monoisotopic (exact) mass is 237 g/mol. The topological polar surface area (TPSA) is 125 Å². The minimum absolute atomic E-state index is 0.0466. The number of aliphatic hydroxyl groups excluding tert-OH is 3. The summed E-state index contributed by atoms with van der Waals surface area (Å²) in [6.07, 6.45) is -3.68. The Morgan fingerprint density at radius 2 is 2.00 bits per heavy atom. The molecule has 0 spiro atoms. The van der Waals surface area contributed by atoms with Crippen molar-refractivity contribution < 1.29 is 29.9 Å². The van der Waals surface area contributed by atoms with E-state index in [-0.39, 0.29) is 13.0 Å². The molecular formula is C9H19NO6. The largest absolute Gasteiger partial charge is 0.394 e. The number of methoxy groups -OCH3 is 1. The molecule has 1 rings (SSSR count). The zero-order valence-electron chi connectivity index (χ0n) is 9.11. The molecule has 1 aliphatic heterocycles. The maximum atomic E-state index is 10.1. The van der Waals surface area contributed by atoms with Crippen LogP contribution in [0, 0.1) is 0 Å². The van der Waals surface area contributed by atoms with E-state index in [9.17, 15) is 15.3 Å². The van der Waals surface area contributed by atoms with Crippen LogP contribution in [-0.2, 0) is 9.47 Å². The highest BCUT2D eigenvalue weighted by Crippen LogP contribution is 2.29. The van der Waals surface area contributed by atoms with Crippen molar-refractivity contribution in [1.82, 2.24) is 0 Å². The van der Waals surface area contributed by atoms with Gasteiger partial charge in [0, 0.05) is 13.5 Å². The van der Waals surface area contributed by atoms with Gasteiger partial charge in [0.15, 0.2) is 5.79 Å². The first-order valence-corrected chi connectivity index (χ1v) is 5.08. The zero-order chi connectivity index (χ0) is 12.3. The van der Waals surface area contributed by atoms with Crippen molar-refractivity contribution >= 4 is 0 Å². The van der Waals surface area contributed by atoms with E-state index in [0.717, 1.165) is 0 Å². The zero-order valence-corrected chi connectivity index (χ0v) is 9.11. The molecule has 7 nitrogen and oxygen atoms in total. The Balaban J connectivity index is 2.76. The van der Waals surface area contributed by atoms with Crippen LogP contribution in [0.3, 0.4) is 0 Å². The van der Waals surface area contributed by atoms with Gasteiger partial charge in [0.2, 0.25) is 0 Å². The highest BCUT2D eigenvalue weighted by atomic mass is 16.6. The third kappa shape index (κ3) is 2.51. The molecule has 7 heteroatoms. The van der Waals surface area contributed by atoms with Crippen LogP contribution >= 0.6 is 0 Å². The minimum atomic E-state index is -1.80. The van der Waals surface area contributed by atoms with Crippen LogP contribution in [0.5, 0.6) is 0 Å². The molecule has 0 aromatic carbocycles. The number of nitrogens with two attached hydrogens (primary N) is 1. The van der Waals surface area contributed by atoms with Gasteiger partial charge in [0.05, 0.1) is 19.3 Å². The van der Waals surface area contributed by atoms with Gasteiger partial charge in [-0.05, 0) is 0 Å². The molecule has 0 amide bonds. The number of ether oxygens (including phenoxy) is 2. The average Bonchev–Trinajstić information content (AvgIpc) is 2.29. The Hall–Kier alpha value is -0.280. The van der Waals surface area contributed by atoms with E-state index >= 15 is 0 Å². The predicted molar refractivity (Wildman–Crippen MR) is 53.4 cm³/mol. The smallest absolute Gasteiger partial charge is 0.186 e. The van der Waals surface area contributed by atoms with Crippen molar-refractivity contribution in [2.24, 2.45) is 5.73 Å². The normalized spacial score (nSPS) is 44.6. The van der Waals surface area contributed by atoms with Gasteiger partial charge < -0.3 is 35.6 Å². The molecule has 5 atom stereocenters. The SMILES string of the molecule is COCCC1(O)O[C@H](CO)[C@@H](O)[C@H](O)[C@H]1N. The molecule has 0 saturated carbocycles. The molecule has 6 N–H and O–H groups in total. The van der Waals surface area contributed by atoms with Crippen LogP contribution in [0.25, 0.3) is 0 Å². The number of rotatable bonds is 4. The summed E-state index contributed by atoms with van der Waals surface area (Å²) >= 11 is 0. The predicted octanol–water partition coefficient (Wildman–Crippen LogP) is -2.85. The first-order chi connectivity index (χ1) is 7.46. The van der Waals surface area contributed by atoms with Crippen LogP contribution in [-0.4, -0.2) is 70.9 Å².